The third kappa shape index (κ3) is 5.90. The third-order valence-corrected chi connectivity index (χ3v) is 7.10. The van der Waals surface area contributed by atoms with Crippen molar-refractivity contribution in [3.05, 3.63) is 46.6 Å². The number of likely N-dealkylation sites (N-methyl/N-ethyl adjacent to an activating group) is 1. The van der Waals surface area contributed by atoms with Crippen LogP contribution in [0.4, 0.5) is 5.82 Å². The van der Waals surface area contributed by atoms with Crippen LogP contribution in [-0.4, -0.2) is 71.5 Å². The van der Waals surface area contributed by atoms with Crippen LogP contribution in [0.3, 0.4) is 0 Å². The molecule has 8 heteroatoms. The van der Waals surface area contributed by atoms with E-state index >= 15 is 0 Å². The number of piperidine rings is 1. The van der Waals surface area contributed by atoms with E-state index in [1.165, 1.54) is 19.3 Å². The van der Waals surface area contributed by atoms with Crippen molar-refractivity contribution in [2.75, 3.05) is 50.7 Å². The van der Waals surface area contributed by atoms with Crippen molar-refractivity contribution < 1.29 is 4.79 Å². The highest BCUT2D eigenvalue weighted by molar-refractivity contribution is 7.98. The molecule has 4 rings (SSSR count). The average molecular weight is 460 g/mol. The molecule has 6 nitrogen and oxygen atoms in total. The van der Waals surface area contributed by atoms with Gasteiger partial charge in [-0.3, -0.25) is 4.79 Å². The van der Waals surface area contributed by atoms with Crippen molar-refractivity contribution >= 4 is 35.1 Å². The molecule has 31 heavy (non-hydrogen) atoms. The molecule has 2 saturated heterocycles. The van der Waals surface area contributed by atoms with Gasteiger partial charge in [0.15, 0.2) is 5.16 Å². The van der Waals surface area contributed by atoms with Gasteiger partial charge in [0.25, 0.3) is 5.91 Å². The molecule has 0 aliphatic carbocycles. The molecule has 166 valence electrons. The number of hydrogen-bond acceptors (Lipinski definition) is 6. The number of aromatic nitrogens is 2. The van der Waals surface area contributed by atoms with E-state index < -0.39 is 0 Å². The Morgan fingerprint density at radius 2 is 1.81 bits per heavy atom. The first-order chi connectivity index (χ1) is 15.1. The van der Waals surface area contributed by atoms with Crippen molar-refractivity contribution in [2.45, 2.75) is 37.1 Å². The monoisotopic (exact) mass is 459 g/mol. The van der Waals surface area contributed by atoms with Crippen LogP contribution in [-0.2, 0) is 5.75 Å². The lowest BCUT2D eigenvalue weighted by Gasteiger charge is -2.34. The van der Waals surface area contributed by atoms with E-state index in [9.17, 15) is 4.79 Å². The summed E-state index contributed by atoms with van der Waals surface area (Å²) >= 11 is 7.84. The number of thioether (sulfide) groups is 1. The second-order valence-electron chi connectivity index (χ2n) is 8.09. The molecule has 2 aliphatic rings. The van der Waals surface area contributed by atoms with Crippen LogP contribution in [0.1, 0.15) is 42.1 Å². The zero-order valence-electron chi connectivity index (χ0n) is 18.1. The Hall–Kier alpha value is -1.83. The standard InChI is InChI=1S/C23H30ClN5OS/c1-2-27-11-13-29(14-12-27)22(30)19-8-6-7-18(15-19)17-31-23-25-20(24)16-21(26-23)28-9-4-3-5-10-28/h6-8,15-16H,2-5,9-14,17H2,1H3. The van der Waals surface area contributed by atoms with Crippen LogP contribution >= 0.6 is 23.4 Å². The topological polar surface area (TPSA) is 52.6 Å². The minimum Gasteiger partial charge on any atom is -0.356 e. The highest BCUT2D eigenvalue weighted by Gasteiger charge is 2.21. The number of benzene rings is 1. The van der Waals surface area contributed by atoms with Crippen molar-refractivity contribution in [3.8, 4) is 0 Å². The quantitative estimate of drug-likeness (QED) is 0.367. The highest BCUT2D eigenvalue weighted by Crippen LogP contribution is 2.26. The lowest BCUT2D eigenvalue weighted by molar-refractivity contribution is 0.0643. The molecule has 0 spiro atoms. The predicted molar refractivity (Wildman–Crippen MR) is 127 cm³/mol. The molecule has 0 N–H and O–H groups in total. The minimum absolute atomic E-state index is 0.119. The van der Waals surface area contributed by atoms with Crippen LogP contribution in [0.25, 0.3) is 0 Å². The summed E-state index contributed by atoms with van der Waals surface area (Å²) in [6, 6.07) is 9.78. The number of anilines is 1. The predicted octanol–water partition coefficient (Wildman–Crippen LogP) is 4.19. The van der Waals surface area contributed by atoms with Crippen LogP contribution in [0.15, 0.2) is 35.5 Å². The van der Waals surface area contributed by atoms with Gasteiger partial charge in [0.05, 0.1) is 0 Å². The number of hydrogen-bond donors (Lipinski definition) is 0. The summed E-state index contributed by atoms with van der Waals surface area (Å²) in [6.45, 7) is 8.73. The van der Waals surface area contributed by atoms with E-state index in [4.69, 9.17) is 16.6 Å². The molecular weight excluding hydrogens is 430 g/mol. The fourth-order valence-electron chi connectivity index (χ4n) is 4.13. The van der Waals surface area contributed by atoms with Crippen LogP contribution in [0, 0.1) is 0 Å². The van der Waals surface area contributed by atoms with Crippen molar-refractivity contribution in [1.82, 2.24) is 19.8 Å². The summed E-state index contributed by atoms with van der Waals surface area (Å²) in [5, 5.41) is 1.16. The summed E-state index contributed by atoms with van der Waals surface area (Å²) in [5.74, 6) is 1.73. The van der Waals surface area contributed by atoms with E-state index in [1.54, 1.807) is 11.8 Å². The van der Waals surface area contributed by atoms with E-state index in [0.717, 1.165) is 62.8 Å². The van der Waals surface area contributed by atoms with Gasteiger partial charge in [-0.25, -0.2) is 9.97 Å². The van der Waals surface area contributed by atoms with Crippen LogP contribution < -0.4 is 4.90 Å². The minimum atomic E-state index is 0.119. The summed E-state index contributed by atoms with van der Waals surface area (Å²) in [5.41, 5.74) is 1.84. The first-order valence-corrected chi connectivity index (χ1v) is 12.5. The highest BCUT2D eigenvalue weighted by atomic mass is 35.5. The fraction of sp³-hybridized carbons (Fsp3) is 0.522. The van der Waals surface area contributed by atoms with Gasteiger partial charge in [-0.15, -0.1) is 0 Å². The number of amides is 1. The van der Waals surface area contributed by atoms with E-state index in [0.29, 0.717) is 16.1 Å². The molecule has 0 radical (unpaired) electrons. The van der Waals surface area contributed by atoms with E-state index in [-0.39, 0.29) is 5.91 Å². The second kappa shape index (κ2) is 10.7. The third-order valence-electron chi connectivity index (χ3n) is 5.99. The summed E-state index contributed by atoms with van der Waals surface area (Å²) in [4.78, 5) is 28.7. The normalized spacial score (nSPS) is 17.7. The molecule has 0 saturated carbocycles. The van der Waals surface area contributed by atoms with Gasteiger partial charge in [0.2, 0.25) is 0 Å². The lowest BCUT2D eigenvalue weighted by Crippen LogP contribution is -2.48. The molecule has 2 aromatic rings. The molecule has 2 aliphatic heterocycles. The SMILES string of the molecule is CCN1CCN(C(=O)c2cccc(CSc3nc(Cl)cc(N4CCCCC4)n3)c2)CC1. The second-order valence-corrected chi connectivity index (χ2v) is 9.42. The molecule has 2 fully saturated rings. The van der Waals surface area contributed by atoms with E-state index in [2.05, 4.69) is 27.8 Å². The Balaban J connectivity index is 1.39. The number of carbonyl (C=O) groups excluding carboxylic acids is 1. The van der Waals surface area contributed by atoms with Crippen molar-refractivity contribution in [3.63, 3.8) is 0 Å². The zero-order valence-corrected chi connectivity index (χ0v) is 19.7. The summed E-state index contributed by atoms with van der Waals surface area (Å²) in [7, 11) is 0. The first kappa shape index (κ1) is 22.4. The number of piperazine rings is 1. The molecule has 1 aromatic heterocycles. The van der Waals surface area contributed by atoms with Crippen LogP contribution in [0.5, 0.6) is 0 Å². The van der Waals surface area contributed by atoms with Gasteiger partial charge in [-0.05, 0) is 43.5 Å². The number of carbonyl (C=O) groups is 1. The van der Waals surface area contributed by atoms with Crippen molar-refractivity contribution in [1.29, 1.82) is 0 Å². The molecule has 1 amide bonds. The fourth-order valence-corrected chi connectivity index (χ4v) is 5.15. The maximum Gasteiger partial charge on any atom is 0.253 e. The first-order valence-electron chi connectivity index (χ1n) is 11.2. The maximum atomic E-state index is 12.9. The molecular formula is C23H30ClN5OS. The Bertz CT molecular complexity index is 897. The average Bonchev–Trinajstić information content (AvgIpc) is 2.83. The summed E-state index contributed by atoms with van der Waals surface area (Å²) in [6.07, 6.45) is 3.66. The summed E-state index contributed by atoms with van der Waals surface area (Å²) < 4.78 is 0. The number of rotatable bonds is 6. The van der Waals surface area contributed by atoms with Gasteiger partial charge in [0, 0.05) is 56.7 Å². The maximum absolute atomic E-state index is 12.9. The van der Waals surface area contributed by atoms with Gasteiger partial charge in [0.1, 0.15) is 11.0 Å². The Kier molecular flexibility index (Phi) is 7.69. The van der Waals surface area contributed by atoms with Gasteiger partial charge < -0.3 is 14.7 Å². The largest absolute Gasteiger partial charge is 0.356 e. The molecule has 0 unspecified atom stereocenters. The van der Waals surface area contributed by atoms with E-state index in [1.807, 2.05) is 29.2 Å². The Labute approximate surface area is 194 Å². The Morgan fingerprint density at radius 1 is 1.03 bits per heavy atom. The molecule has 0 bridgehead atoms. The molecule has 0 atom stereocenters. The Morgan fingerprint density at radius 3 is 2.55 bits per heavy atom. The van der Waals surface area contributed by atoms with Gasteiger partial charge in [-0.2, -0.15) is 0 Å². The smallest absolute Gasteiger partial charge is 0.253 e. The van der Waals surface area contributed by atoms with Crippen LogP contribution in [0.2, 0.25) is 5.15 Å². The van der Waals surface area contributed by atoms with Gasteiger partial charge >= 0.3 is 0 Å². The van der Waals surface area contributed by atoms with Gasteiger partial charge in [-0.1, -0.05) is 42.4 Å². The van der Waals surface area contributed by atoms with Crippen molar-refractivity contribution in [2.24, 2.45) is 0 Å². The zero-order chi connectivity index (χ0) is 21.6. The lowest BCUT2D eigenvalue weighted by atomic mass is 10.1. The molecule has 1 aromatic carbocycles. The number of halogens is 1. The number of nitrogens with zero attached hydrogens (tertiary/aromatic N) is 5. The molecule has 3 heterocycles.